The summed E-state index contributed by atoms with van der Waals surface area (Å²) >= 11 is 0. The minimum Gasteiger partial charge on any atom is -0.465 e. The van der Waals surface area contributed by atoms with E-state index in [4.69, 9.17) is 4.74 Å². The molecule has 8 heteroatoms. The number of likely N-dealkylation sites (N-methyl/N-ethyl adjacent to an activating group) is 1. The van der Waals surface area contributed by atoms with Crippen LogP contribution in [-0.2, 0) is 4.74 Å². The number of hydrogen-bond donors (Lipinski definition) is 1. The van der Waals surface area contributed by atoms with Gasteiger partial charge in [-0.2, -0.15) is 0 Å². The third-order valence-electron chi connectivity index (χ3n) is 4.62. The van der Waals surface area contributed by atoms with Crippen LogP contribution in [0.3, 0.4) is 0 Å². The normalized spacial score (nSPS) is 14.4. The fraction of sp³-hybridized carbons (Fsp3) is 0.300. The molecule has 1 aliphatic rings. The molecule has 1 N–H and O–H groups in total. The van der Waals surface area contributed by atoms with E-state index in [1.807, 2.05) is 7.05 Å². The lowest BCUT2D eigenvalue weighted by Gasteiger charge is -2.32. The van der Waals surface area contributed by atoms with Crippen molar-refractivity contribution in [2.45, 2.75) is 0 Å². The molecular weight excluding hydrogens is 360 g/mol. The molecule has 0 radical (unpaired) electrons. The van der Waals surface area contributed by atoms with Crippen LogP contribution in [0.25, 0.3) is 0 Å². The van der Waals surface area contributed by atoms with E-state index in [0.717, 1.165) is 13.1 Å². The maximum absolute atomic E-state index is 12.7. The van der Waals surface area contributed by atoms with Crippen LogP contribution in [0.5, 0.6) is 0 Å². The number of nitrogens with zero attached hydrogens (tertiary/aromatic N) is 3. The van der Waals surface area contributed by atoms with Gasteiger partial charge in [-0.15, -0.1) is 0 Å². The van der Waals surface area contributed by atoms with Crippen molar-refractivity contribution in [1.29, 1.82) is 0 Å². The number of esters is 1. The zero-order valence-electron chi connectivity index (χ0n) is 15.8. The Labute approximate surface area is 163 Å². The van der Waals surface area contributed by atoms with Gasteiger partial charge in [0, 0.05) is 38.6 Å². The smallest absolute Gasteiger partial charge is 0.339 e. The Morgan fingerprint density at radius 1 is 1.04 bits per heavy atom. The maximum Gasteiger partial charge on any atom is 0.339 e. The van der Waals surface area contributed by atoms with Gasteiger partial charge >= 0.3 is 5.97 Å². The highest BCUT2D eigenvalue weighted by Gasteiger charge is 2.22. The molecule has 2 heterocycles. The number of aromatic nitrogens is 1. The van der Waals surface area contributed by atoms with Crippen LogP contribution in [0.4, 0.5) is 5.69 Å². The Morgan fingerprint density at radius 3 is 2.43 bits per heavy atom. The molecule has 1 saturated heterocycles. The van der Waals surface area contributed by atoms with Gasteiger partial charge < -0.3 is 19.9 Å². The fourth-order valence-electron chi connectivity index (χ4n) is 2.95. The highest BCUT2D eigenvalue weighted by molar-refractivity contribution is 6.08. The molecule has 1 aromatic heterocycles. The number of anilines is 1. The molecule has 2 amide bonds. The summed E-state index contributed by atoms with van der Waals surface area (Å²) in [5.74, 6) is -1.16. The molecular formula is C20H22N4O4. The summed E-state index contributed by atoms with van der Waals surface area (Å²) in [6, 6.07) is 8.07. The second-order valence-corrected chi connectivity index (χ2v) is 6.55. The van der Waals surface area contributed by atoms with Crippen molar-refractivity contribution in [1.82, 2.24) is 14.8 Å². The number of pyridine rings is 1. The predicted molar refractivity (Wildman–Crippen MR) is 103 cm³/mol. The van der Waals surface area contributed by atoms with E-state index < -0.39 is 11.9 Å². The predicted octanol–water partition coefficient (Wildman–Crippen LogP) is 1.51. The Hall–Kier alpha value is -3.26. The Kier molecular flexibility index (Phi) is 6.00. The molecule has 146 valence electrons. The van der Waals surface area contributed by atoms with E-state index in [2.05, 4.69) is 15.2 Å². The van der Waals surface area contributed by atoms with Crippen molar-refractivity contribution in [3.05, 3.63) is 59.4 Å². The first-order valence-electron chi connectivity index (χ1n) is 8.91. The third kappa shape index (κ3) is 4.34. The summed E-state index contributed by atoms with van der Waals surface area (Å²) in [6.45, 7) is 2.89. The summed E-state index contributed by atoms with van der Waals surface area (Å²) in [5.41, 5.74) is 1.17. The van der Waals surface area contributed by atoms with Crippen LogP contribution in [0, 0.1) is 0 Å². The average molecular weight is 382 g/mol. The van der Waals surface area contributed by atoms with Crippen molar-refractivity contribution in [3.8, 4) is 0 Å². The number of hydrogen-bond acceptors (Lipinski definition) is 6. The SMILES string of the molecule is COC(=O)c1ccccc1NC(=O)c1cncc(C(=O)N2CCN(C)CC2)c1. The second kappa shape index (κ2) is 8.62. The molecule has 8 nitrogen and oxygen atoms in total. The Balaban J connectivity index is 1.76. The molecule has 1 fully saturated rings. The van der Waals surface area contributed by atoms with E-state index >= 15 is 0 Å². The molecule has 0 saturated carbocycles. The van der Waals surface area contributed by atoms with E-state index in [-0.39, 0.29) is 17.0 Å². The number of piperazine rings is 1. The number of amides is 2. The van der Waals surface area contributed by atoms with Gasteiger partial charge in [0.15, 0.2) is 0 Å². The van der Waals surface area contributed by atoms with Gasteiger partial charge in [0.1, 0.15) is 0 Å². The molecule has 0 unspecified atom stereocenters. The van der Waals surface area contributed by atoms with Crippen LogP contribution in [0.1, 0.15) is 31.1 Å². The standard InChI is InChI=1S/C20H22N4O4/c1-23-7-9-24(10-8-23)19(26)15-11-14(12-21-13-15)18(25)22-17-6-4-3-5-16(17)20(27)28-2/h3-6,11-13H,7-10H2,1-2H3,(H,22,25). The number of methoxy groups -OCH3 is 1. The Bertz CT molecular complexity index is 891. The van der Waals surface area contributed by atoms with Crippen LogP contribution in [0.2, 0.25) is 0 Å². The number of rotatable bonds is 4. The molecule has 0 spiro atoms. The van der Waals surface area contributed by atoms with Crippen molar-refractivity contribution in [2.24, 2.45) is 0 Å². The number of ether oxygens (including phenoxy) is 1. The number of benzene rings is 1. The lowest BCUT2D eigenvalue weighted by molar-refractivity contribution is 0.0601. The van der Waals surface area contributed by atoms with Crippen molar-refractivity contribution in [2.75, 3.05) is 45.7 Å². The maximum atomic E-state index is 12.7. The number of carbonyl (C=O) groups is 3. The van der Waals surface area contributed by atoms with E-state index in [1.165, 1.54) is 25.6 Å². The van der Waals surface area contributed by atoms with Crippen molar-refractivity contribution < 1.29 is 19.1 Å². The van der Waals surface area contributed by atoms with Gasteiger partial charge in [0.25, 0.3) is 11.8 Å². The first-order chi connectivity index (χ1) is 13.5. The summed E-state index contributed by atoms with van der Waals surface area (Å²) in [5, 5.41) is 2.68. The van der Waals surface area contributed by atoms with Crippen LogP contribution in [0.15, 0.2) is 42.7 Å². The summed E-state index contributed by atoms with van der Waals surface area (Å²) < 4.78 is 4.73. The number of carbonyl (C=O) groups excluding carboxylic acids is 3. The van der Waals surface area contributed by atoms with Gasteiger partial charge in [0.05, 0.1) is 29.5 Å². The molecule has 28 heavy (non-hydrogen) atoms. The monoisotopic (exact) mass is 382 g/mol. The Morgan fingerprint density at radius 2 is 1.71 bits per heavy atom. The second-order valence-electron chi connectivity index (χ2n) is 6.55. The van der Waals surface area contributed by atoms with Crippen LogP contribution < -0.4 is 5.32 Å². The highest BCUT2D eigenvalue weighted by Crippen LogP contribution is 2.18. The topological polar surface area (TPSA) is 91.8 Å². The highest BCUT2D eigenvalue weighted by atomic mass is 16.5. The van der Waals surface area contributed by atoms with E-state index in [9.17, 15) is 14.4 Å². The summed E-state index contributed by atoms with van der Waals surface area (Å²) in [4.78, 5) is 45.1. The lowest BCUT2D eigenvalue weighted by atomic mass is 10.1. The first kappa shape index (κ1) is 19.5. The molecule has 0 aliphatic carbocycles. The van der Waals surface area contributed by atoms with E-state index in [0.29, 0.717) is 24.3 Å². The van der Waals surface area contributed by atoms with Gasteiger partial charge in [-0.05, 0) is 25.2 Å². The van der Waals surface area contributed by atoms with Gasteiger partial charge in [-0.25, -0.2) is 4.79 Å². The lowest BCUT2D eigenvalue weighted by Crippen LogP contribution is -2.47. The fourth-order valence-corrected chi connectivity index (χ4v) is 2.95. The minimum atomic E-state index is -0.548. The summed E-state index contributed by atoms with van der Waals surface area (Å²) in [6.07, 6.45) is 2.84. The summed E-state index contributed by atoms with van der Waals surface area (Å²) in [7, 11) is 3.29. The van der Waals surface area contributed by atoms with Crippen molar-refractivity contribution in [3.63, 3.8) is 0 Å². The van der Waals surface area contributed by atoms with Crippen LogP contribution in [-0.4, -0.2) is 72.9 Å². The van der Waals surface area contributed by atoms with E-state index in [1.54, 1.807) is 29.2 Å². The quantitative estimate of drug-likeness (QED) is 0.806. The third-order valence-corrected chi connectivity index (χ3v) is 4.62. The molecule has 0 bridgehead atoms. The van der Waals surface area contributed by atoms with Gasteiger partial charge in [-0.1, -0.05) is 12.1 Å². The van der Waals surface area contributed by atoms with Gasteiger partial charge in [0.2, 0.25) is 0 Å². The average Bonchev–Trinajstić information content (AvgIpc) is 2.73. The first-order valence-corrected chi connectivity index (χ1v) is 8.91. The zero-order valence-corrected chi connectivity index (χ0v) is 15.8. The number of nitrogens with one attached hydrogen (secondary N) is 1. The largest absolute Gasteiger partial charge is 0.465 e. The molecule has 2 aromatic rings. The molecule has 0 atom stereocenters. The number of para-hydroxylation sites is 1. The molecule has 1 aromatic carbocycles. The minimum absolute atomic E-state index is 0.148. The molecule has 3 rings (SSSR count). The van der Waals surface area contributed by atoms with Crippen LogP contribution >= 0.6 is 0 Å². The van der Waals surface area contributed by atoms with Crippen molar-refractivity contribution >= 4 is 23.5 Å². The molecule has 1 aliphatic heterocycles. The zero-order chi connectivity index (χ0) is 20.1. The van der Waals surface area contributed by atoms with Gasteiger partial charge in [-0.3, -0.25) is 14.6 Å².